The van der Waals surface area contributed by atoms with Crippen LogP contribution in [0.3, 0.4) is 0 Å². The fourth-order valence-corrected chi connectivity index (χ4v) is 2.59. The summed E-state index contributed by atoms with van der Waals surface area (Å²) in [4.78, 5) is 14.1. The molecule has 6 heteroatoms. The molecule has 0 spiro atoms. The quantitative estimate of drug-likeness (QED) is 0.493. The van der Waals surface area contributed by atoms with Gasteiger partial charge < -0.3 is 20.9 Å². The number of nitrogens with zero attached hydrogens (tertiary/aromatic N) is 1. The molecule has 1 aliphatic rings. The maximum Gasteiger partial charge on any atom is 0.224 e. The van der Waals surface area contributed by atoms with Crippen LogP contribution in [0.5, 0.6) is 0 Å². The number of likely N-dealkylation sites (tertiary alicyclic amines) is 1. The SMILES string of the molecule is CCCCOCC(O)CN1CCCC(C(=O)NCCN)C1. The molecule has 1 heterocycles. The first-order chi connectivity index (χ1) is 10.2. The second-order valence-corrected chi connectivity index (χ2v) is 5.76. The van der Waals surface area contributed by atoms with Crippen LogP contribution in [0.2, 0.25) is 0 Å². The van der Waals surface area contributed by atoms with Crippen LogP contribution < -0.4 is 11.1 Å². The number of piperidine rings is 1. The van der Waals surface area contributed by atoms with Gasteiger partial charge in [0.25, 0.3) is 0 Å². The first kappa shape index (κ1) is 18.4. The van der Waals surface area contributed by atoms with Crippen molar-refractivity contribution in [2.45, 2.75) is 38.7 Å². The number of unbranched alkanes of at least 4 members (excludes halogenated alkanes) is 1. The van der Waals surface area contributed by atoms with Crippen LogP contribution in [0.1, 0.15) is 32.6 Å². The molecule has 1 rings (SSSR count). The first-order valence-corrected chi connectivity index (χ1v) is 8.13. The molecule has 0 aromatic carbocycles. The Morgan fingerprint density at radius 3 is 3.10 bits per heavy atom. The van der Waals surface area contributed by atoms with E-state index in [0.717, 1.165) is 32.2 Å². The fraction of sp³-hybridized carbons (Fsp3) is 0.933. The van der Waals surface area contributed by atoms with Crippen LogP contribution >= 0.6 is 0 Å². The third-order valence-electron chi connectivity index (χ3n) is 3.74. The van der Waals surface area contributed by atoms with Crippen molar-refractivity contribution in [1.29, 1.82) is 0 Å². The Morgan fingerprint density at radius 2 is 2.38 bits per heavy atom. The van der Waals surface area contributed by atoms with Crippen LogP contribution in [0.15, 0.2) is 0 Å². The van der Waals surface area contributed by atoms with Gasteiger partial charge in [-0.3, -0.25) is 9.69 Å². The van der Waals surface area contributed by atoms with Crippen molar-refractivity contribution in [2.75, 3.05) is 45.9 Å². The van der Waals surface area contributed by atoms with Gasteiger partial charge in [-0.25, -0.2) is 0 Å². The van der Waals surface area contributed by atoms with Crippen LogP contribution in [-0.4, -0.2) is 68.0 Å². The molecule has 6 nitrogen and oxygen atoms in total. The molecule has 4 N–H and O–H groups in total. The number of aliphatic hydroxyl groups excluding tert-OH is 1. The van der Waals surface area contributed by atoms with Gasteiger partial charge in [0.05, 0.1) is 18.6 Å². The highest BCUT2D eigenvalue weighted by molar-refractivity contribution is 5.78. The lowest BCUT2D eigenvalue weighted by Crippen LogP contribution is -2.46. The van der Waals surface area contributed by atoms with Crippen LogP contribution in [0.4, 0.5) is 0 Å². The molecule has 2 atom stereocenters. The van der Waals surface area contributed by atoms with Gasteiger partial charge in [0.15, 0.2) is 0 Å². The molecule has 0 saturated carbocycles. The summed E-state index contributed by atoms with van der Waals surface area (Å²) >= 11 is 0. The smallest absolute Gasteiger partial charge is 0.224 e. The number of nitrogens with two attached hydrogens (primary N) is 1. The monoisotopic (exact) mass is 301 g/mol. The van der Waals surface area contributed by atoms with E-state index in [4.69, 9.17) is 10.5 Å². The van der Waals surface area contributed by atoms with E-state index in [9.17, 15) is 9.90 Å². The van der Waals surface area contributed by atoms with Crippen molar-refractivity contribution in [3.8, 4) is 0 Å². The average Bonchev–Trinajstić information content (AvgIpc) is 2.49. The van der Waals surface area contributed by atoms with E-state index in [1.807, 2.05) is 0 Å². The minimum absolute atomic E-state index is 0.0125. The van der Waals surface area contributed by atoms with Crippen molar-refractivity contribution in [3.05, 3.63) is 0 Å². The second kappa shape index (κ2) is 11.0. The summed E-state index contributed by atoms with van der Waals surface area (Å²) in [5.74, 6) is 0.0948. The molecule has 0 aliphatic carbocycles. The van der Waals surface area contributed by atoms with Gasteiger partial charge in [0.1, 0.15) is 0 Å². The van der Waals surface area contributed by atoms with E-state index in [-0.39, 0.29) is 11.8 Å². The molecular weight excluding hydrogens is 270 g/mol. The summed E-state index contributed by atoms with van der Waals surface area (Å²) in [6.45, 7) is 6.42. The number of hydrogen-bond acceptors (Lipinski definition) is 5. The molecule has 1 amide bonds. The van der Waals surface area contributed by atoms with E-state index >= 15 is 0 Å². The highest BCUT2D eigenvalue weighted by Crippen LogP contribution is 2.16. The summed E-state index contributed by atoms with van der Waals surface area (Å²) in [5, 5.41) is 12.8. The summed E-state index contributed by atoms with van der Waals surface area (Å²) in [6.07, 6.45) is 3.55. The Labute approximate surface area is 128 Å². The fourth-order valence-electron chi connectivity index (χ4n) is 2.59. The number of aliphatic hydroxyl groups is 1. The minimum atomic E-state index is -0.479. The summed E-state index contributed by atoms with van der Waals surface area (Å²) in [5.41, 5.74) is 5.40. The van der Waals surface area contributed by atoms with Gasteiger partial charge in [-0.2, -0.15) is 0 Å². The molecule has 1 aliphatic heterocycles. The zero-order chi connectivity index (χ0) is 15.5. The molecule has 0 radical (unpaired) electrons. The number of rotatable bonds is 10. The lowest BCUT2D eigenvalue weighted by molar-refractivity contribution is -0.126. The Balaban J connectivity index is 2.23. The topological polar surface area (TPSA) is 87.8 Å². The Morgan fingerprint density at radius 1 is 1.57 bits per heavy atom. The van der Waals surface area contributed by atoms with E-state index in [0.29, 0.717) is 39.4 Å². The van der Waals surface area contributed by atoms with E-state index in [1.165, 1.54) is 0 Å². The summed E-state index contributed by atoms with van der Waals surface area (Å²) in [7, 11) is 0. The lowest BCUT2D eigenvalue weighted by Gasteiger charge is -2.33. The number of nitrogens with one attached hydrogen (secondary N) is 1. The third-order valence-corrected chi connectivity index (χ3v) is 3.74. The lowest BCUT2D eigenvalue weighted by atomic mass is 9.97. The van der Waals surface area contributed by atoms with E-state index in [1.54, 1.807) is 0 Å². The summed E-state index contributed by atoms with van der Waals surface area (Å²) in [6, 6.07) is 0. The second-order valence-electron chi connectivity index (χ2n) is 5.76. The zero-order valence-electron chi connectivity index (χ0n) is 13.2. The Kier molecular flexibility index (Phi) is 9.58. The predicted molar refractivity (Wildman–Crippen MR) is 83.0 cm³/mol. The molecular formula is C15H31N3O3. The van der Waals surface area contributed by atoms with E-state index in [2.05, 4.69) is 17.1 Å². The highest BCUT2D eigenvalue weighted by atomic mass is 16.5. The van der Waals surface area contributed by atoms with Crippen LogP contribution in [0, 0.1) is 5.92 Å². The Hall–Kier alpha value is -0.690. The minimum Gasteiger partial charge on any atom is -0.389 e. The zero-order valence-corrected chi connectivity index (χ0v) is 13.2. The largest absolute Gasteiger partial charge is 0.389 e. The molecule has 0 aromatic heterocycles. The maximum atomic E-state index is 12.0. The molecule has 1 saturated heterocycles. The van der Waals surface area contributed by atoms with Crippen LogP contribution in [0.25, 0.3) is 0 Å². The van der Waals surface area contributed by atoms with Crippen molar-refractivity contribution in [2.24, 2.45) is 11.7 Å². The normalized spacial score (nSPS) is 21.2. The number of amides is 1. The van der Waals surface area contributed by atoms with Crippen molar-refractivity contribution in [3.63, 3.8) is 0 Å². The number of β-amino-alcohol motifs (C(OH)–C–C–N with tert-alkyl or cyclic N) is 1. The Bertz CT molecular complexity index is 289. The number of ether oxygens (including phenoxy) is 1. The van der Waals surface area contributed by atoms with Gasteiger partial charge in [-0.1, -0.05) is 13.3 Å². The molecule has 21 heavy (non-hydrogen) atoms. The third kappa shape index (κ3) is 7.76. The molecule has 0 aromatic rings. The predicted octanol–water partition coefficient (Wildman–Crippen LogP) is -0.0491. The van der Waals surface area contributed by atoms with E-state index < -0.39 is 6.10 Å². The number of carbonyl (C=O) groups is 1. The average molecular weight is 301 g/mol. The van der Waals surface area contributed by atoms with Gasteiger partial charge in [0.2, 0.25) is 5.91 Å². The molecule has 124 valence electrons. The number of hydrogen-bond donors (Lipinski definition) is 3. The standard InChI is InChI=1S/C15H31N3O3/c1-2-3-9-21-12-14(19)11-18-8-4-5-13(10-18)15(20)17-7-6-16/h13-14,19H,2-12,16H2,1H3,(H,17,20). The van der Waals surface area contributed by atoms with Gasteiger partial charge in [-0.05, 0) is 25.8 Å². The van der Waals surface area contributed by atoms with Gasteiger partial charge >= 0.3 is 0 Å². The summed E-state index contributed by atoms with van der Waals surface area (Å²) < 4.78 is 5.43. The highest BCUT2D eigenvalue weighted by Gasteiger charge is 2.26. The molecule has 0 bridgehead atoms. The van der Waals surface area contributed by atoms with Crippen molar-refractivity contribution >= 4 is 5.91 Å². The first-order valence-electron chi connectivity index (χ1n) is 8.13. The van der Waals surface area contributed by atoms with Crippen molar-refractivity contribution in [1.82, 2.24) is 10.2 Å². The number of carbonyl (C=O) groups excluding carboxylic acids is 1. The molecule has 2 unspecified atom stereocenters. The van der Waals surface area contributed by atoms with Crippen LogP contribution in [-0.2, 0) is 9.53 Å². The van der Waals surface area contributed by atoms with Gasteiger partial charge in [0, 0.05) is 32.8 Å². The van der Waals surface area contributed by atoms with Crippen molar-refractivity contribution < 1.29 is 14.6 Å². The van der Waals surface area contributed by atoms with Gasteiger partial charge in [-0.15, -0.1) is 0 Å². The maximum absolute atomic E-state index is 12.0. The molecule has 1 fully saturated rings.